The molecule has 0 bridgehead atoms. The van der Waals surface area contributed by atoms with Gasteiger partial charge in [-0.15, -0.1) is 0 Å². The first-order valence-corrected chi connectivity index (χ1v) is 6.96. The molecule has 0 fully saturated rings. The van der Waals surface area contributed by atoms with E-state index in [0.29, 0.717) is 23.7 Å². The van der Waals surface area contributed by atoms with E-state index in [1.807, 2.05) is 12.1 Å². The molecule has 6 heteroatoms. The highest BCUT2D eigenvalue weighted by molar-refractivity contribution is 6.30. The molecule has 110 valence electrons. The Morgan fingerprint density at radius 3 is 2.76 bits per heavy atom. The number of benzene rings is 1. The summed E-state index contributed by atoms with van der Waals surface area (Å²) in [7, 11) is 0. The minimum absolute atomic E-state index is 0.0862. The molecule has 1 N–H and O–H groups in total. The lowest BCUT2D eigenvalue weighted by Gasteiger charge is -2.08. The largest absolute Gasteiger partial charge is 0.354 e. The van der Waals surface area contributed by atoms with Gasteiger partial charge in [0.05, 0.1) is 12.7 Å². The van der Waals surface area contributed by atoms with Gasteiger partial charge in [-0.3, -0.25) is 14.2 Å². The Kier molecular flexibility index (Phi) is 5.11. The fourth-order valence-electron chi connectivity index (χ4n) is 1.88. The molecular formula is C15H16ClN3O2. The predicted molar refractivity (Wildman–Crippen MR) is 81.4 cm³/mol. The molecule has 0 aliphatic rings. The molecule has 2 aromatic rings. The van der Waals surface area contributed by atoms with Gasteiger partial charge in [-0.2, -0.15) is 0 Å². The second-order valence-corrected chi connectivity index (χ2v) is 5.16. The summed E-state index contributed by atoms with van der Waals surface area (Å²) < 4.78 is 1.48. The summed E-state index contributed by atoms with van der Waals surface area (Å²) in [6.45, 7) is 2.50. The maximum Gasteiger partial charge on any atom is 0.256 e. The minimum Gasteiger partial charge on any atom is -0.354 e. The highest BCUT2D eigenvalue weighted by atomic mass is 35.5. The summed E-state index contributed by atoms with van der Waals surface area (Å²) in [4.78, 5) is 27.5. The molecule has 0 saturated carbocycles. The normalized spacial score (nSPS) is 10.4. The SMILES string of the molecule is Cc1cncn(CCNC(=O)Cc2ccc(Cl)cc2)c1=O. The van der Waals surface area contributed by atoms with Crippen molar-refractivity contribution in [3.05, 3.63) is 63.3 Å². The van der Waals surface area contributed by atoms with Crippen LogP contribution in [0.2, 0.25) is 5.02 Å². The highest BCUT2D eigenvalue weighted by Gasteiger charge is 2.04. The van der Waals surface area contributed by atoms with E-state index in [4.69, 9.17) is 11.6 Å². The van der Waals surface area contributed by atoms with E-state index in [1.54, 1.807) is 19.1 Å². The number of nitrogens with one attached hydrogen (secondary N) is 1. The second kappa shape index (κ2) is 7.04. The monoisotopic (exact) mass is 305 g/mol. The van der Waals surface area contributed by atoms with Gasteiger partial charge < -0.3 is 5.32 Å². The standard InChI is InChI=1S/C15H16ClN3O2/c1-11-9-17-10-19(15(11)21)7-6-18-14(20)8-12-2-4-13(16)5-3-12/h2-5,9-10H,6-8H2,1H3,(H,18,20). The van der Waals surface area contributed by atoms with Crippen molar-refractivity contribution in [3.63, 3.8) is 0 Å². The number of amides is 1. The zero-order valence-corrected chi connectivity index (χ0v) is 12.4. The number of nitrogens with zero attached hydrogens (tertiary/aromatic N) is 2. The van der Waals surface area contributed by atoms with Gasteiger partial charge in [0.15, 0.2) is 0 Å². The lowest BCUT2D eigenvalue weighted by molar-refractivity contribution is -0.120. The molecule has 21 heavy (non-hydrogen) atoms. The lowest BCUT2D eigenvalue weighted by atomic mass is 10.1. The Labute approximate surface area is 127 Å². The van der Waals surface area contributed by atoms with E-state index in [2.05, 4.69) is 10.3 Å². The maximum atomic E-state index is 11.8. The molecule has 0 atom stereocenters. The van der Waals surface area contributed by atoms with Crippen molar-refractivity contribution in [1.29, 1.82) is 0 Å². The van der Waals surface area contributed by atoms with Crippen molar-refractivity contribution < 1.29 is 4.79 Å². The van der Waals surface area contributed by atoms with Crippen molar-refractivity contribution in [1.82, 2.24) is 14.9 Å². The summed E-state index contributed by atoms with van der Waals surface area (Å²) in [5, 5.41) is 3.43. The number of hydrogen-bond donors (Lipinski definition) is 1. The summed E-state index contributed by atoms with van der Waals surface area (Å²) in [5.41, 5.74) is 1.40. The lowest BCUT2D eigenvalue weighted by Crippen LogP contribution is -2.32. The van der Waals surface area contributed by atoms with Gasteiger partial charge in [0.25, 0.3) is 5.56 Å². The van der Waals surface area contributed by atoms with Crippen molar-refractivity contribution in [2.24, 2.45) is 0 Å². The molecule has 1 amide bonds. The van der Waals surface area contributed by atoms with Crippen LogP contribution in [0.1, 0.15) is 11.1 Å². The number of aryl methyl sites for hydroxylation is 1. The highest BCUT2D eigenvalue weighted by Crippen LogP contribution is 2.09. The van der Waals surface area contributed by atoms with Crippen LogP contribution in [0.25, 0.3) is 0 Å². The maximum absolute atomic E-state index is 11.8. The Hall–Kier alpha value is -2.14. The Morgan fingerprint density at radius 2 is 2.05 bits per heavy atom. The van der Waals surface area contributed by atoms with E-state index < -0.39 is 0 Å². The molecule has 1 heterocycles. The Morgan fingerprint density at radius 1 is 1.33 bits per heavy atom. The van der Waals surface area contributed by atoms with Crippen LogP contribution < -0.4 is 10.9 Å². The fourth-order valence-corrected chi connectivity index (χ4v) is 2.01. The molecule has 5 nitrogen and oxygen atoms in total. The van der Waals surface area contributed by atoms with Crippen LogP contribution in [0.5, 0.6) is 0 Å². The molecule has 0 unspecified atom stereocenters. The summed E-state index contributed by atoms with van der Waals surface area (Å²) in [6, 6.07) is 7.14. The van der Waals surface area contributed by atoms with Crippen LogP contribution in [0.15, 0.2) is 41.6 Å². The number of carbonyl (C=O) groups excluding carboxylic acids is 1. The second-order valence-electron chi connectivity index (χ2n) is 4.73. The van der Waals surface area contributed by atoms with Gasteiger partial charge in [0.1, 0.15) is 0 Å². The van der Waals surface area contributed by atoms with E-state index in [9.17, 15) is 9.59 Å². The van der Waals surface area contributed by atoms with Gasteiger partial charge in [-0.25, -0.2) is 4.98 Å². The number of halogens is 1. The van der Waals surface area contributed by atoms with Crippen LogP contribution in [0.4, 0.5) is 0 Å². The molecule has 2 rings (SSSR count). The Balaban J connectivity index is 1.83. The van der Waals surface area contributed by atoms with Crippen LogP contribution in [0, 0.1) is 6.92 Å². The molecule has 0 saturated heterocycles. The quantitative estimate of drug-likeness (QED) is 0.912. The van der Waals surface area contributed by atoms with E-state index in [-0.39, 0.29) is 17.9 Å². The van der Waals surface area contributed by atoms with Crippen molar-refractivity contribution in [3.8, 4) is 0 Å². The predicted octanol–water partition coefficient (Wildman–Crippen LogP) is 1.56. The van der Waals surface area contributed by atoms with Crippen LogP contribution >= 0.6 is 11.6 Å². The first-order chi connectivity index (χ1) is 10.1. The van der Waals surface area contributed by atoms with Crippen LogP contribution in [0.3, 0.4) is 0 Å². The number of hydrogen-bond acceptors (Lipinski definition) is 3. The molecule has 0 spiro atoms. The number of aromatic nitrogens is 2. The third-order valence-corrected chi connectivity index (χ3v) is 3.28. The van der Waals surface area contributed by atoms with Crippen LogP contribution in [-0.2, 0) is 17.8 Å². The average Bonchev–Trinajstić information content (AvgIpc) is 2.46. The number of rotatable bonds is 5. The van der Waals surface area contributed by atoms with Gasteiger partial charge in [-0.05, 0) is 24.6 Å². The molecule has 1 aromatic carbocycles. The average molecular weight is 306 g/mol. The summed E-state index contributed by atoms with van der Waals surface area (Å²) >= 11 is 5.79. The van der Waals surface area contributed by atoms with Crippen LogP contribution in [-0.4, -0.2) is 22.0 Å². The van der Waals surface area contributed by atoms with Crippen molar-refractivity contribution >= 4 is 17.5 Å². The fraction of sp³-hybridized carbons (Fsp3) is 0.267. The van der Waals surface area contributed by atoms with E-state index in [0.717, 1.165) is 5.56 Å². The first-order valence-electron chi connectivity index (χ1n) is 6.58. The van der Waals surface area contributed by atoms with E-state index in [1.165, 1.54) is 17.1 Å². The zero-order valence-electron chi connectivity index (χ0n) is 11.7. The summed E-state index contributed by atoms with van der Waals surface area (Å²) in [6.07, 6.45) is 3.29. The molecule has 0 radical (unpaired) electrons. The molecule has 0 aliphatic heterocycles. The smallest absolute Gasteiger partial charge is 0.256 e. The molecular weight excluding hydrogens is 290 g/mol. The van der Waals surface area contributed by atoms with Gasteiger partial charge in [0.2, 0.25) is 5.91 Å². The molecule has 1 aromatic heterocycles. The van der Waals surface area contributed by atoms with Gasteiger partial charge in [-0.1, -0.05) is 23.7 Å². The topological polar surface area (TPSA) is 64.0 Å². The summed E-state index contributed by atoms with van der Waals surface area (Å²) in [5.74, 6) is -0.0917. The third kappa shape index (κ3) is 4.43. The van der Waals surface area contributed by atoms with E-state index >= 15 is 0 Å². The van der Waals surface area contributed by atoms with Gasteiger partial charge >= 0.3 is 0 Å². The first kappa shape index (κ1) is 15.3. The van der Waals surface area contributed by atoms with Crippen molar-refractivity contribution in [2.45, 2.75) is 19.9 Å². The zero-order chi connectivity index (χ0) is 15.2. The van der Waals surface area contributed by atoms with Crippen molar-refractivity contribution in [2.75, 3.05) is 6.54 Å². The van der Waals surface area contributed by atoms with Gasteiger partial charge in [0, 0.05) is 29.9 Å². The minimum atomic E-state index is -0.0917. The Bertz CT molecular complexity index is 680. The molecule has 0 aliphatic carbocycles. The number of carbonyl (C=O) groups is 1. The third-order valence-electron chi connectivity index (χ3n) is 3.03.